The summed E-state index contributed by atoms with van der Waals surface area (Å²) in [6.07, 6.45) is 2.59. The van der Waals surface area contributed by atoms with Crippen LogP contribution in [0.1, 0.15) is 40.0 Å². The molecule has 3 saturated carbocycles. The lowest BCUT2D eigenvalue weighted by atomic mass is 9.41. The van der Waals surface area contributed by atoms with Crippen molar-refractivity contribution in [2.24, 2.45) is 11.3 Å². The molecular formula is C10H21BO4. The molecule has 0 aromatic heterocycles. The molecule has 3 aliphatic rings. The van der Waals surface area contributed by atoms with E-state index in [2.05, 4.69) is 13.8 Å². The minimum absolute atomic E-state index is 0.0885. The first kappa shape index (κ1) is 13.0. The van der Waals surface area contributed by atoms with E-state index < -0.39 is 18.9 Å². The first-order valence-electron chi connectivity index (χ1n) is 5.39. The molecule has 3 aliphatic carbocycles. The molecule has 0 aliphatic heterocycles. The summed E-state index contributed by atoms with van der Waals surface area (Å²) in [5, 5.41) is 34.5. The largest absolute Gasteiger partial charge is 0.432 e. The normalized spacial score (nSPS) is 45.9. The number of rotatable bonds is 0. The van der Waals surface area contributed by atoms with Crippen LogP contribution in [0.3, 0.4) is 0 Å². The van der Waals surface area contributed by atoms with E-state index in [-0.39, 0.29) is 5.41 Å². The van der Waals surface area contributed by atoms with Crippen LogP contribution in [0.4, 0.5) is 0 Å². The average Bonchev–Trinajstić information content (AvgIpc) is 2.10. The van der Waals surface area contributed by atoms with E-state index in [0.29, 0.717) is 5.92 Å². The van der Waals surface area contributed by atoms with Crippen molar-refractivity contribution in [2.45, 2.75) is 51.2 Å². The van der Waals surface area contributed by atoms with Gasteiger partial charge in [0.2, 0.25) is 0 Å². The molecule has 4 nitrogen and oxygen atoms in total. The Morgan fingerprint density at radius 2 is 1.60 bits per heavy atom. The number of hydrogen-bond donors (Lipinski definition) is 4. The smallest absolute Gasteiger partial charge is 0.430 e. The van der Waals surface area contributed by atoms with Gasteiger partial charge in [-0.1, -0.05) is 13.8 Å². The molecule has 0 radical (unpaired) electrons. The minimum atomic E-state index is -0.870. The highest BCUT2D eigenvalue weighted by atomic mass is 16.4. The van der Waals surface area contributed by atoms with Crippen molar-refractivity contribution >= 4 is 7.69 Å². The van der Waals surface area contributed by atoms with Gasteiger partial charge in [0.15, 0.2) is 0 Å². The molecule has 2 bridgehead atoms. The Labute approximate surface area is 91.3 Å². The molecular weight excluding hydrogens is 195 g/mol. The molecule has 88 valence electrons. The van der Waals surface area contributed by atoms with Crippen LogP contribution in [0, 0.1) is 11.3 Å². The molecule has 15 heavy (non-hydrogen) atoms. The second kappa shape index (κ2) is 3.73. The van der Waals surface area contributed by atoms with Gasteiger partial charge in [-0.25, -0.2) is 0 Å². The van der Waals surface area contributed by atoms with Crippen LogP contribution >= 0.6 is 0 Å². The summed E-state index contributed by atoms with van der Waals surface area (Å²) in [5.74, 6) is 0.614. The van der Waals surface area contributed by atoms with E-state index >= 15 is 0 Å². The summed E-state index contributed by atoms with van der Waals surface area (Å²) in [7, 11) is -0.750. The maximum Gasteiger partial charge on any atom is 0.432 e. The summed E-state index contributed by atoms with van der Waals surface area (Å²) in [6.45, 7) is 5.90. The first-order valence-corrected chi connectivity index (χ1v) is 5.39. The SMILES string of the molecule is CC1(O)CCC2CC1(O)C2(C)C.OBO. The molecule has 0 amide bonds. The lowest BCUT2D eigenvalue weighted by Crippen LogP contribution is -2.74. The van der Waals surface area contributed by atoms with Gasteiger partial charge in [-0.15, -0.1) is 0 Å². The predicted octanol–water partition coefficient (Wildman–Crippen LogP) is -0.454. The second-order valence-electron chi connectivity index (χ2n) is 5.44. The van der Waals surface area contributed by atoms with Gasteiger partial charge in [-0.3, -0.25) is 0 Å². The Morgan fingerprint density at radius 1 is 1.13 bits per heavy atom. The van der Waals surface area contributed by atoms with E-state index in [9.17, 15) is 10.2 Å². The van der Waals surface area contributed by atoms with Gasteiger partial charge in [0, 0.05) is 0 Å². The Hall–Kier alpha value is -0.0951. The fraction of sp³-hybridized carbons (Fsp3) is 1.00. The molecule has 0 saturated heterocycles. The number of fused-ring (bicyclic) bond motifs is 2. The molecule has 4 N–H and O–H groups in total. The standard InChI is InChI=1S/C10H18O2.BH3O2/c1-8(2)7-4-5-9(3,11)10(8,12)6-7;2-1-3/h7,11-12H,4-6H2,1-3H3;1-3H. The Kier molecular flexibility index (Phi) is 3.23. The van der Waals surface area contributed by atoms with Crippen LogP contribution in [0.2, 0.25) is 0 Å². The van der Waals surface area contributed by atoms with Gasteiger partial charge in [-0.05, 0) is 37.5 Å². The highest BCUT2D eigenvalue weighted by Crippen LogP contribution is 2.65. The highest BCUT2D eigenvalue weighted by molar-refractivity contribution is 6.13. The molecule has 3 atom stereocenters. The van der Waals surface area contributed by atoms with Gasteiger partial charge >= 0.3 is 7.69 Å². The zero-order chi connectivity index (χ0) is 11.9. The van der Waals surface area contributed by atoms with Crippen molar-refractivity contribution in [1.82, 2.24) is 0 Å². The number of aliphatic hydroxyl groups is 2. The van der Waals surface area contributed by atoms with Crippen molar-refractivity contribution in [3.05, 3.63) is 0 Å². The molecule has 3 rings (SSSR count). The summed E-state index contributed by atoms with van der Waals surface area (Å²) in [6, 6.07) is 0. The second-order valence-corrected chi connectivity index (χ2v) is 5.44. The lowest BCUT2D eigenvalue weighted by Gasteiger charge is -2.68. The third-order valence-corrected chi connectivity index (χ3v) is 4.50. The summed E-state index contributed by atoms with van der Waals surface area (Å²) >= 11 is 0. The molecule has 5 heteroatoms. The third-order valence-electron chi connectivity index (χ3n) is 4.50. The van der Waals surface area contributed by atoms with Crippen LogP contribution in [0.25, 0.3) is 0 Å². The van der Waals surface area contributed by atoms with Crippen LogP contribution in [-0.4, -0.2) is 39.1 Å². The Bertz CT molecular complexity index is 232. The Morgan fingerprint density at radius 3 is 1.87 bits per heavy atom. The van der Waals surface area contributed by atoms with E-state index in [1.165, 1.54) is 0 Å². The van der Waals surface area contributed by atoms with Crippen LogP contribution < -0.4 is 0 Å². The molecule has 0 aromatic rings. The summed E-state index contributed by atoms with van der Waals surface area (Å²) in [5.41, 5.74) is -1.79. The predicted molar refractivity (Wildman–Crippen MR) is 58.3 cm³/mol. The zero-order valence-corrected chi connectivity index (χ0v) is 9.69. The fourth-order valence-corrected chi connectivity index (χ4v) is 3.12. The average molecular weight is 216 g/mol. The minimum Gasteiger partial charge on any atom is -0.430 e. The summed E-state index contributed by atoms with van der Waals surface area (Å²) in [4.78, 5) is 0. The van der Waals surface area contributed by atoms with Gasteiger partial charge < -0.3 is 20.3 Å². The van der Waals surface area contributed by atoms with Crippen LogP contribution in [0.15, 0.2) is 0 Å². The van der Waals surface area contributed by atoms with Crippen LogP contribution in [-0.2, 0) is 0 Å². The summed E-state index contributed by atoms with van der Waals surface area (Å²) < 4.78 is 0. The quantitative estimate of drug-likeness (QED) is 0.413. The van der Waals surface area contributed by atoms with Crippen molar-refractivity contribution in [1.29, 1.82) is 0 Å². The highest BCUT2D eigenvalue weighted by Gasteiger charge is 2.69. The third kappa shape index (κ3) is 1.62. The maximum atomic E-state index is 10.2. The van der Waals surface area contributed by atoms with E-state index in [0.717, 1.165) is 19.3 Å². The van der Waals surface area contributed by atoms with Gasteiger partial charge in [0.1, 0.15) is 0 Å². The molecule has 3 unspecified atom stereocenters. The first-order chi connectivity index (χ1) is 6.73. The van der Waals surface area contributed by atoms with Crippen LogP contribution in [0.5, 0.6) is 0 Å². The molecule has 0 heterocycles. The van der Waals surface area contributed by atoms with Gasteiger partial charge in [0.25, 0.3) is 0 Å². The van der Waals surface area contributed by atoms with Crippen molar-refractivity contribution in [2.75, 3.05) is 0 Å². The van der Waals surface area contributed by atoms with Gasteiger partial charge in [-0.2, -0.15) is 0 Å². The zero-order valence-electron chi connectivity index (χ0n) is 9.69. The van der Waals surface area contributed by atoms with E-state index in [1.54, 1.807) is 6.92 Å². The maximum absolute atomic E-state index is 10.2. The van der Waals surface area contributed by atoms with E-state index in [1.807, 2.05) is 0 Å². The van der Waals surface area contributed by atoms with Crippen molar-refractivity contribution in [3.8, 4) is 0 Å². The van der Waals surface area contributed by atoms with Crippen molar-refractivity contribution in [3.63, 3.8) is 0 Å². The van der Waals surface area contributed by atoms with E-state index in [4.69, 9.17) is 10.0 Å². The van der Waals surface area contributed by atoms with Crippen molar-refractivity contribution < 1.29 is 20.3 Å². The topological polar surface area (TPSA) is 80.9 Å². The molecule has 3 fully saturated rings. The lowest BCUT2D eigenvalue weighted by molar-refractivity contribution is -0.312. The molecule has 0 aromatic carbocycles. The Balaban J connectivity index is 0.000000337. The number of hydrogen-bond acceptors (Lipinski definition) is 4. The monoisotopic (exact) mass is 216 g/mol. The van der Waals surface area contributed by atoms with Gasteiger partial charge in [0.05, 0.1) is 11.2 Å². The molecule has 0 spiro atoms. The fourth-order valence-electron chi connectivity index (χ4n) is 3.12.